The van der Waals surface area contributed by atoms with Gasteiger partial charge in [0, 0.05) is 19.2 Å². The second-order valence-corrected chi connectivity index (χ2v) is 4.86. The van der Waals surface area contributed by atoms with E-state index in [0.29, 0.717) is 12.5 Å². The maximum absolute atomic E-state index is 5.73. The van der Waals surface area contributed by atoms with Crippen molar-refractivity contribution in [2.45, 2.75) is 45.6 Å². The summed E-state index contributed by atoms with van der Waals surface area (Å²) in [4.78, 5) is 8.63. The van der Waals surface area contributed by atoms with Gasteiger partial charge in [0.2, 0.25) is 5.88 Å². The molecule has 0 radical (unpaired) electrons. The SMILES string of the molecule is CCCNc1cc(OCC2CCCCO2)nc(C)n1. The van der Waals surface area contributed by atoms with Crippen molar-refractivity contribution in [1.29, 1.82) is 0 Å². The molecule has 1 saturated heterocycles. The topological polar surface area (TPSA) is 56.3 Å². The molecule has 5 heteroatoms. The van der Waals surface area contributed by atoms with Crippen molar-refractivity contribution in [1.82, 2.24) is 9.97 Å². The van der Waals surface area contributed by atoms with Gasteiger partial charge >= 0.3 is 0 Å². The summed E-state index contributed by atoms with van der Waals surface area (Å²) in [5.74, 6) is 2.18. The van der Waals surface area contributed by atoms with E-state index in [1.165, 1.54) is 6.42 Å². The Labute approximate surface area is 114 Å². The molecule has 1 aliphatic heterocycles. The first-order valence-electron chi connectivity index (χ1n) is 7.12. The van der Waals surface area contributed by atoms with Gasteiger partial charge in [0.15, 0.2) is 0 Å². The maximum Gasteiger partial charge on any atom is 0.218 e. The van der Waals surface area contributed by atoms with Crippen molar-refractivity contribution >= 4 is 5.82 Å². The van der Waals surface area contributed by atoms with Crippen LogP contribution in [0.4, 0.5) is 5.82 Å². The predicted molar refractivity (Wildman–Crippen MR) is 74.6 cm³/mol. The lowest BCUT2D eigenvalue weighted by molar-refractivity contribution is -0.0119. The molecular weight excluding hydrogens is 242 g/mol. The zero-order valence-electron chi connectivity index (χ0n) is 11.8. The van der Waals surface area contributed by atoms with Crippen molar-refractivity contribution in [3.63, 3.8) is 0 Å². The highest BCUT2D eigenvalue weighted by Crippen LogP contribution is 2.17. The van der Waals surface area contributed by atoms with E-state index in [0.717, 1.165) is 44.1 Å². The van der Waals surface area contributed by atoms with Crippen molar-refractivity contribution in [2.75, 3.05) is 25.1 Å². The Bertz CT molecular complexity index is 392. The van der Waals surface area contributed by atoms with Crippen LogP contribution in [0.3, 0.4) is 0 Å². The van der Waals surface area contributed by atoms with Crippen molar-refractivity contribution in [3.8, 4) is 5.88 Å². The molecule has 2 rings (SSSR count). The largest absolute Gasteiger partial charge is 0.475 e. The first-order valence-corrected chi connectivity index (χ1v) is 7.12. The van der Waals surface area contributed by atoms with Crippen LogP contribution in [0.15, 0.2) is 6.07 Å². The van der Waals surface area contributed by atoms with E-state index in [1.54, 1.807) is 0 Å². The van der Waals surface area contributed by atoms with Crippen LogP contribution in [0, 0.1) is 6.92 Å². The van der Waals surface area contributed by atoms with E-state index < -0.39 is 0 Å². The van der Waals surface area contributed by atoms with Crippen LogP contribution in [-0.4, -0.2) is 35.8 Å². The smallest absolute Gasteiger partial charge is 0.218 e. The van der Waals surface area contributed by atoms with E-state index in [9.17, 15) is 0 Å². The van der Waals surface area contributed by atoms with Crippen LogP contribution in [0.2, 0.25) is 0 Å². The number of nitrogens with one attached hydrogen (secondary N) is 1. The Hall–Kier alpha value is -1.36. The Morgan fingerprint density at radius 2 is 2.32 bits per heavy atom. The Kier molecular flexibility index (Phi) is 5.39. The summed E-state index contributed by atoms with van der Waals surface area (Å²) in [6, 6.07) is 1.85. The van der Waals surface area contributed by atoms with Crippen LogP contribution in [0.5, 0.6) is 5.88 Å². The average molecular weight is 265 g/mol. The minimum atomic E-state index is 0.205. The molecule has 1 aromatic heterocycles. The molecule has 1 aromatic rings. The molecule has 0 aliphatic carbocycles. The van der Waals surface area contributed by atoms with Crippen molar-refractivity contribution < 1.29 is 9.47 Å². The van der Waals surface area contributed by atoms with Crippen LogP contribution in [-0.2, 0) is 4.74 Å². The summed E-state index contributed by atoms with van der Waals surface area (Å²) < 4.78 is 11.4. The van der Waals surface area contributed by atoms with Crippen LogP contribution in [0.1, 0.15) is 38.4 Å². The summed E-state index contributed by atoms with van der Waals surface area (Å²) in [5, 5.41) is 3.25. The standard InChI is InChI=1S/C14H23N3O2/c1-3-7-15-13-9-14(17-11(2)16-13)19-10-12-6-4-5-8-18-12/h9,12H,3-8,10H2,1-2H3,(H,15,16,17). The molecule has 1 atom stereocenters. The van der Waals surface area contributed by atoms with Gasteiger partial charge in [-0.05, 0) is 32.6 Å². The van der Waals surface area contributed by atoms with Gasteiger partial charge in [0.05, 0.1) is 6.10 Å². The Morgan fingerprint density at radius 1 is 1.42 bits per heavy atom. The number of hydrogen-bond acceptors (Lipinski definition) is 5. The molecule has 1 unspecified atom stereocenters. The minimum absolute atomic E-state index is 0.205. The molecule has 106 valence electrons. The highest BCUT2D eigenvalue weighted by atomic mass is 16.5. The lowest BCUT2D eigenvalue weighted by atomic mass is 10.1. The van der Waals surface area contributed by atoms with Crippen molar-refractivity contribution in [3.05, 3.63) is 11.9 Å². The van der Waals surface area contributed by atoms with Crippen LogP contribution in [0.25, 0.3) is 0 Å². The van der Waals surface area contributed by atoms with Gasteiger partial charge in [-0.3, -0.25) is 0 Å². The molecule has 5 nitrogen and oxygen atoms in total. The third-order valence-electron chi connectivity index (χ3n) is 3.06. The molecule has 2 heterocycles. The van der Waals surface area contributed by atoms with Gasteiger partial charge in [-0.15, -0.1) is 0 Å². The molecule has 1 fully saturated rings. The molecule has 0 aromatic carbocycles. The lowest BCUT2D eigenvalue weighted by Gasteiger charge is -2.22. The first-order chi connectivity index (χ1) is 9.28. The molecule has 0 spiro atoms. The van der Waals surface area contributed by atoms with E-state index in [-0.39, 0.29) is 6.10 Å². The molecule has 19 heavy (non-hydrogen) atoms. The third kappa shape index (κ3) is 4.67. The van der Waals surface area contributed by atoms with Crippen molar-refractivity contribution in [2.24, 2.45) is 0 Å². The Morgan fingerprint density at radius 3 is 3.05 bits per heavy atom. The van der Waals surface area contributed by atoms with E-state index in [1.807, 2.05) is 13.0 Å². The number of rotatable bonds is 6. The second kappa shape index (κ2) is 7.28. The van der Waals surface area contributed by atoms with Gasteiger partial charge in [0.25, 0.3) is 0 Å². The van der Waals surface area contributed by atoms with E-state index >= 15 is 0 Å². The molecule has 0 bridgehead atoms. The monoisotopic (exact) mass is 265 g/mol. The Balaban J connectivity index is 1.89. The number of anilines is 1. The molecule has 1 aliphatic rings. The van der Waals surface area contributed by atoms with Crippen LogP contribution < -0.4 is 10.1 Å². The zero-order valence-corrected chi connectivity index (χ0v) is 11.8. The zero-order chi connectivity index (χ0) is 13.5. The fourth-order valence-corrected chi connectivity index (χ4v) is 2.08. The summed E-state index contributed by atoms with van der Waals surface area (Å²) >= 11 is 0. The lowest BCUT2D eigenvalue weighted by Crippen LogP contribution is -2.26. The molecular formula is C14H23N3O2. The third-order valence-corrected chi connectivity index (χ3v) is 3.06. The van der Waals surface area contributed by atoms with Gasteiger partial charge in [-0.2, -0.15) is 4.98 Å². The summed E-state index contributed by atoms with van der Waals surface area (Å²) in [6.07, 6.45) is 4.73. The minimum Gasteiger partial charge on any atom is -0.475 e. The number of aromatic nitrogens is 2. The number of hydrogen-bond donors (Lipinski definition) is 1. The highest BCUT2D eigenvalue weighted by molar-refractivity contribution is 5.38. The predicted octanol–water partition coefficient (Wildman–Crippen LogP) is 2.55. The number of ether oxygens (including phenoxy) is 2. The quantitative estimate of drug-likeness (QED) is 0.856. The summed E-state index contributed by atoms with van der Waals surface area (Å²) in [6.45, 7) is 6.32. The van der Waals surface area contributed by atoms with E-state index in [2.05, 4.69) is 22.2 Å². The number of aryl methyl sites for hydroxylation is 1. The number of nitrogens with zero attached hydrogens (tertiary/aromatic N) is 2. The fourth-order valence-electron chi connectivity index (χ4n) is 2.08. The average Bonchev–Trinajstić information content (AvgIpc) is 2.43. The van der Waals surface area contributed by atoms with Gasteiger partial charge in [0.1, 0.15) is 18.2 Å². The normalized spacial score (nSPS) is 19.2. The molecule has 1 N–H and O–H groups in total. The summed E-state index contributed by atoms with van der Waals surface area (Å²) in [5.41, 5.74) is 0. The summed E-state index contributed by atoms with van der Waals surface area (Å²) in [7, 11) is 0. The fraction of sp³-hybridized carbons (Fsp3) is 0.714. The van der Waals surface area contributed by atoms with Gasteiger partial charge < -0.3 is 14.8 Å². The maximum atomic E-state index is 5.73. The second-order valence-electron chi connectivity index (χ2n) is 4.86. The van der Waals surface area contributed by atoms with Gasteiger partial charge in [-0.1, -0.05) is 6.92 Å². The molecule has 0 saturated carbocycles. The highest BCUT2D eigenvalue weighted by Gasteiger charge is 2.15. The molecule has 0 amide bonds. The first kappa shape index (κ1) is 14.1. The van der Waals surface area contributed by atoms with Crippen LogP contribution >= 0.6 is 0 Å². The van der Waals surface area contributed by atoms with E-state index in [4.69, 9.17) is 9.47 Å². The van der Waals surface area contributed by atoms with Gasteiger partial charge in [-0.25, -0.2) is 4.98 Å².